The zero-order chi connectivity index (χ0) is 13.8. The van der Waals surface area contributed by atoms with Gasteiger partial charge in [-0.1, -0.05) is 53.5 Å². The van der Waals surface area contributed by atoms with Gasteiger partial charge in [0.2, 0.25) is 0 Å². The molecule has 2 rings (SSSR count). The second-order valence-corrected chi connectivity index (χ2v) is 5.14. The first-order valence-electron chi connectivity index (χ1n) is 6.15. The lowest BCUT2D eigenvalue weighted by Gasteiger charge is -2.25. The number of benzene rings is 2. The summed E-state index contributed by atoms with van der Waals surface area (Å²) >= 11 is 12.0. The van der Waals surface area contributed by atoms with Gasteiger partial charge in [-0.2, -0.15) is 0 Å². The Morgan fingerprint density at radius 2 is 1.68 bits per heavy atom. The molecule has 2 N–H and O–H groups in total. The van der Waals surface area contributed by atoms with Gasteiger partial charge in [0.05, 0.1) is 21.4 Å². The number of halogens is 2. The summed E-state index contributed by atoms with van der Waals surface area (Å²) in [6.07, 6.45) is 0. The molecule has 0 spiro atoms. The Bertz CT molecular complexity index is 556. The molecule has 100 valence electrons. The highest BCUT2D eigenvalue weighted by Gasteiger charge is 2.11. The molecule has 19 heavy (non-hydrogen) atoms. The zero-order valence-corrected chi connectivity index (χ0v) is 12.2. The first-order chi connectivity index (χ1) is 9.11. The van der Waals surface area contributed by atoms with Crippen LogP contribution in [0.5, 0.6) is 0 Å². The average Bonchev–Trinajstić information content (AvgIpc) is 2.42. The molecule has 0 radical (unpaired) electrons. The molecule has 0 aliphatic rings. The summed E-state index contributed by atoms with van der Waals surface area (Å²) in [4.78, 5) is 2.17. The summed E-state index contributed by atoms with van der Waals surface area (Å²) in [5.41, 5.74) is 8.83. The van der Waals surface area contributed by atoms with E-state index in [2.05, 4.69) is 24.0 Å². The minimum atomic E-state index is 0.485. The number of nitrogen functional groups attached to an aromatic ring is 1. The molecular weight excluding hydrogens is 279 g/mol. The third-order valence-corrected chi connectivity index (χ3v) is 3.73. The van der Waals surface area contributed by atoms with E-state index >= 15 is 0 Å². The summed E-state index contributed by atoms with van der Waals surface area (Å²) in [7, 11) is 0. The minimum absolute atomic E-state index is 0.485. The lowest BCUT2D eigenvalue weighted by Crippen LogP contribution is -2.23. The van der Waals surface area contributed by atoms with Crippen LogP contribution in [-0.2, 0) is 6.54 Å². The van der Waals surface area contributed by atoms with Gasteiger partial charge in [-0.25, -0.2) is 0 Å². The van der Waals surface area contributed by atoms with Gasteiger partial charge in [0, 0.05) is 13.1 Å². The standard InChI is InChI=1S/C15H16Cl2N2/c1-2-19(10-11-6-4-3-5-7-11)15-9-13(17)12(16)8-14(15)18/h3-9H,2,10,18H2,1H3. The van der Waals surface area contributed by atoms with Crippen molar-refractivity contribution in [2.75, 3.05) is 17.2 Å². The van der Waals surface area contributed by atoms with Crippen LogP contribution in [0.3, 0.4) is 0 Å². The summed E-state index contributed by atoms with van der Waals surface area (Å²) < 4.78 is 0. The molecule has 0 saturated heterocycles. The molecule has 0 fully saturated rings. The van der Waals surface area contributed by atoms with Crippen LogP contribution in [0.15, 0.2) is 42.5 Å². The van der Waals surface area contributed by atoms with Crippen molar-refractivity contribution in [2.45, 2.75) is 13.5 Å². The largest absolute Gasteiger partial charge is 0.397 e. The average molecular weight is 295 g/mol. The molecule has 2 aromatic rings. The van der Waals surface area contributed by atoms with Crippen LogP contribution >= 0.6 is 23.2 Å². The highest BCUT2D eigenvalue weighted by molar-refractivity contribution is 6.42. The lowest BCUT2D eigenvalue weighted by atomic mass is 10.2. The van der Waals surface area contributed by atoms with E-state index in [1.165, 1.54) is 5.56 Å². The quantitative estimate of drug-likeness (QED) is 0.835. The van der Waals surface area contributed by atoms with E-state index in [4.69, 9.17) is 28.9 Å². The number of hydrogen-bond acceptors (Lipinski definition) is 2. The van der Waals surface area contributed by atoms with Gasteiger partial charge in [-0.15, -0.1) is 0 Å². The molecule has 0 bridgehead atoms. The van der Waals surface area contributed by atoms with Gasteiger partial charge in [-0.3, -0.25) is 0 Å². The molecule has 0 heterocycles. The minimum Gasteiger partial charge on any atom is -0.397 e. The third-order valence-electron chi connectivity index (χ3n) is 3.01. The van der Waals surface area contributed by atoms with Gasteiger partial charge in [0.15, 0.2) is 0 Å². The molecule has 0 aliphatic carbocycles. The maximum absolute atomic E-state index is 6.08. The molecular formula is C15H16Cl2N2. The van der Waals surface area contributed by atoms with E-state index in [-0.39, 0.29) is 0 Å². The van der Waals surface area contributed by atoms with Crippen molar-refractivity contribution in [1.29, 1.82) is 0 Å². The molecule has 0 saturated carbocycles. The third kappa shape index (κ3) is 3.34. The molecule has 4 heteroatoms. The van der Waals surface area contributed by atoms with E-state index in [1.807, 2.05) is 24.3 Å². The second-order valence-electron chi connectivity index (χ2n) is 4.32. The molecule has 0 aliphatic heterocycles. The highest BCUT2D eigenvalue weighted by atomic mass is 35.5. The first-order valence-corrected chi connectivity index (χ1v) is 6.90. The lowest BCUT2D eigenvalue weighted by molar-refractivity contribution is 0.833. The van der Waals surface area contributed by atoms with E-state index in [9.17, 15) is 0 Å². The molecule has 0 atom stereocenters. The zero-order valence-electron chi connectivity index (χ0n) is 10.7. The summed E-state index contributed by atoms with van der Waals surface area (Å²) in [6.45, 7) is 3.72. The molecule has 0 aromatic heterocycles. The maximum atomic E-state index is 6.08. The predicted molar refractivity (Wildman–Crippen MR) is 84.0 cm³/mol. The summed E-state index contributed by atoms with van der Waals surface area (Å²) in [5.74, 6) is 0. The van der Waals surface area contributed by atoms with Gasteiger partial charge in [0.1, 0.15) is 0 Å². The second kappa shape index (κ2) is 6.18. The summed E-state index contributed by atoms with van der Waals surface area (Å²) in [6, 6.07) is 13.8. The smallest absolute Gasteiger partial charge is 0.0618 e. The van der Waals surface area contributed by atoms with Crippen LogP contribution in [0.25, 0.3) is 0 Å². The summed E-state index contributed by atoms with van der Waals surface area (Å²) in [5, 5.41) is 1.01. The Balaban J connectivity index is 2.30. The van der Waals surface area contributed by atoms with Crippen molar-refractivity contribution in [3.8, 4) is 0 Å². The fraction of sp³-hybridized carbons (Fsp3) is 0.200. The van der Waals surface area contributed by atoms with Crippen molar-refractivity contribution in [3.63, 3.8) is 0 Å². The van der Waals surface area contributed by atoms with E-state index in [1.54, 1.807) is 6.07 Å². The van der Waals surface area contributed by atoms with Gasteiger partial charge in [0.25, 0.3) is 0 Å². The Kier molecular flexibility index (Phi) is 4.56. The maximum Gasteiger partial charge on any atom is 0.0618 e. The molecule has 2 nitrogen and oxygen atoms in total. The highest BCUT2D eigenvalue weighted by Crippen LogP contribution is 2.33. The SMILES string of the molecule is CCN(Cc1ccccc1)c1cc(Cl)c(Cl)cc1N. The van der Waals surface area contributed by atoms with Crippen molar-refractivity contribution < 1.29 is 0 Å². The Labute approximate surface area is 123 Å². The number of anilines is 2. The Morgan fingerprint density at radius 3 is 2.32 bits per heavy atom. The van der Waals surface area contributed by atoms with Crippen LogP contribution in [0, 0.1) is 0 Å². The van der Waals surface area contributed by atoms with Gasteiger partial charge < -0.3 is 10.6 Å². The van der Waals surface area contributed by atoms with Gasteiger partial charge in [-0.05, 0) is 24.6 Å². The Morgan fingerprint density at radius 1 is 1.05 bits per heavy atom. The monoisotopic (exact) mass is 294 g/mol. The van der Waals surface area contributed by atoms with Crippen molar-refractivity contribution in [2.24, 2.45) is 0 Å². The van der Waals surface area contributed by atoms with Crippen LogP contribution in [-0.4, -0.2) is 6.54 Å². The number of hydrogen-bond donors (Lipinski definition) is 1. The molecule has 0 amide bonds. The van der Waals surface area contributed by atoms with Crippen LogP contribution in [0.2, 0.25) is 10.0 Å². The number of rotatable bonds is 4. The normalized spacial score (nSPS) is 10.5. The van der Waals surface area contributed by atoms with Crippen LogP contribution < -0.4 is 10.6 Å². The first kappa shape index (κ1) is 14.0. The fourth-order valence-electron chi connectivity index (χ4n) is 2.00. The van der Waals surface area contributed by atoms with E-state index < -0.39 is 0 Å². The van der Waals surface area contributed by atoms with Crippen molar-refractivity contribution in [3.05, 3.63) is 58.1 Å². The van der Waals surface area contributed by atoms with Crippen molar-refractivity contribution >= 4 is 34.6 Å². The molecule has 2 aromatic carbocycles. The van der Waals surface area contributed by atoms with Crippen LogP contribution in [0.1, 0.15) is 12.5 Å². The number of nitrogens with zero attached hydrogens (tertiary/aromatic N) is 1. The predicted octanol–water partition coefficient (Wildman–Crippen LogP) is 4.60. The fourth-order valence-corrected chi connectivity index (χ4v) is 2.33. The topological polar surface area (TPSA) is 29.3 Å². The van der Waals surface area contributed by atoms with Gasteiger partial charge >= 0.3 is 0 Å². The van der Waals surface area contributed by atoms with E-state index in [0.717, 1.165) is 18.8 Å². The number of nitrogens with two attached hydrogens (primary N) is 1. The van der Waals surface area contributed by atoms with Crippen LogP contribution in [0.4, 0.5) is 11.4 Å². The molecule has 0 unspecified atom stereocenters. The Hall–Kier alpha value is -1.38. The van der Waals surface area contributed by atoms with E-state index in [0.29, 0.717) is 15.7 Å². The van der Waals surface area contributed by atoms with Crippen molar-refractivity contribution in [1.82, 2.24) is 0 Å².